The molecule has 0 aliphatic rings. The van der Waals surface area contributed by atoms with E-state index in [1.165, 1.54) is 6.08 Å². The van der Waals surface area contributed by atoms with Gasteiger partial charge in [-0.2, -0.15) is 0 Å². The maximum Gasteiger partial charge on any atom is 0.330 e. The van der Waals surface area contributed by atoms with Crippen LogP contribution in [0.25, 0.3) is 0 Å². The Kier molecular flexibility index (Phi) is 8.51. The molecule has 82 valence electrons. The second kappa shape index (κ2) is 8.92. The van der Waals surface area contributed by atoms with E-state index in [-0.39, 0.29) is 21.4 Å². The van der Waals surface area contributed by atoms with E-state index in [0.29, 0.717) is 6.61 Å². The van der Waals surface area contributed by atoms with Crippen LogP contribution in [0.2, 0.25) is 6.04 Å². The van der Waals surface area contributed by atoms with Crippen molar-refractivity contribution < 1.29 is 19.0 Å². The van der Waals surface area contributed by atoms with Gasteiger partial charge < -0.3 is 14.2 Å². The van der Waals surface area contributed by atoms with Crippen molar-refractivity contribution in [1.82, 2.24) is 0 Å². The van der Waals surface area contributed by atoms with Gasteiger partial charge in [-0.1, -0.05) is 12.6 Å². The molecular formula is C9H18O4Si. The van der Waals surface area contributed by atoms with Gasteiger partial charge in [-0.05, 0) is 6.42 Å². The fraction of sp³-hybridized carbons (Fsp3) is 0.667. The van der Waals surface area contributed by atoms with Crippen LogP contribution in [0.15, 0.2) is 12.7 Å². The molecule has 0 aromatic rings. The molecule has 0 aromatic carbocycles. The number of carbonyl (C=O) groups excluding carboxylic acids is 1. The Morgan fingerprint density at radius 2 is 2.14 bits per heavy atom. The van der Waals surface area contributed by atoms with Crippen LogP contribution in [0, 0.1) is 0 Å². The first kappa shape index (κ1) is 13.3. The highest BCUT2D eigenvalue weighted by atomic mass is 28.2. The fourth-order valence-electron chi connectivity index (χ4n) is 0.977. The summed E-state index contributed by atoms with van der Waals surface area (Å²) in [4.78, 5) is 10.6. The third kappa shape index (κ3) is 6.82. The molecule has 0 atom stereocenters. The zero-order valence-electron chi connectivity index (χ0n) is 8.82. The van der Waals surface area contributed by atoms with Crippen LogP contribution in [-0.2, 0) is 19.0 Å². The quantitative estimate of drug-likeness (QED) is 0.193. The van der Waals surface area contributed by atoms with Gasteiger partial charge in [0, 0.05) is 20.3 Å². The number of hydrogen-bond acceptors (Lipinski definition) is 4. The lowest BCUT2D eigenvalue weighted by Gasteiger charge is -2.11. The largest absolute Gasteiger partial charge is 0.463 e. The number of ether oxygens (including phenoxy) is 3. The SMILES string of the molecule is C=CC(=O)OCCC[SiH2]C(OC)OC. The van der Waals surface area contributed by atoms with E-state index < -0.39 is 0 Å². The van der Waals surface area contributed by atoms with Crippen molar-refractivity contribution in [2.45, 2.75) is 18.4 Å². The molecular weight excluding hydrogens is 200 g/mol. The molecule has 0 fully saturated rings. The number of methoxy groups -OCH3 is 2. The van der Waals surface area contributed by atoms with Gasteiger partial charge in [0.1, 0.15) is 5.91 Å². The van der Waals surface area contributed by atoms with Crippen molar-refractivity contribution in [2.75, 3.05) is 20.8 Å². The lowest BCUT2D eigenvalue weighted by molar-refractivity contribution is -0.137. The monoisotopic (exact) mass is 218 g/mol. The van der Waals surface area contributed by atoms with Gasteiger partial charge in [-0.25, -0.2) is 4.79 Å². The van der Waals surface area contributed by atoms with Crippen LogP contribution >= 0.6 is 0 Å². The molecule has 4 nitrogen and oxygen atoms in total. The summed E-state index contributed by atoms with van der Waals surface area (Å²) in [6.07, 6.45) is 2.04. The van der Waals surface area contributed by atoms with Crippen LogP contribution in [-0.4, -0.2) is 42.2 Å². The minimum absolute atomic E-state index is 0.0231. The second-order valence-electron chi connectivity index (χ2n) is 2.77. The van der Waals surface area contributed by atoms with E-state index in [1.807, 2.05) is 0 Å². The molecule has 0 aliphatic carbocycles. The summed E-state index contributed by atoms with van der Waals surface area (Å²) < 4.78 is 15.0. The molecule has 5 heteroatoms. The predicted molar refractivity (Wildman–Crippen MR) is 56.9 cm³/mol. The van der Waals surface area contributed by atoms with E-state index >= 15 is 0 Å². The molecule has 14 heavy (non-hydrogen) atoms. The molecule has 0 unspecified atom stereocenters. The Morgan fingerprint density at radius 3 is 2.64 bits per heavy atom. The predicted octanol–water partition coefficient (Wildman–Crippen LogP) is 0.269. The summed E-state index contributed by atoms with van der Waals surface area (Å²) in [5.41, 5.74) is 0. The van der Waals surface area contributed by atoms with Crippen LogP contribution in [0.3, 0.4) is 0 Å². The van der Waals surface area contributed by atoms with Gasteiger partial charge >= 0.3 is 5.97 Å². The number of rotatable bonds is 8. The summed E-state index contributed by atoms with van der Waals surface area (Å²) >= 11 is 0. The van der Waals surface area contributed by atoms with Crippen molar-refractivity contribution >= 4 is 15.5 Å². The minimum atomic E-state index is -0.387. The highest BCUT2D eigenvalue weighted by Crippen LogP contribution is 1.97. The third-order valence-electron chi connectivity index (χ3n) is 1.77. The molecule has 0 aliphatic heterocycles. The topological polar surface area (TPSA) is 44.8 Å². The molecule has 0 saturated heterocycles. The molecule has 0 heterocycles. The van der Waals surface area contributed by atoms with E-state index in [1.54, 1.807) is 14.2 Å². The number of hydrogen-bond donors (Lipinski definition) is 0. The normalized spacial score (nSPS) is 11.1. The Bertz CT molecular complexity index is 168. The molecule has 0 aromatic heterocycles. The van der Waals surface area contributed by atoms with Gasteiger partial charge in [0.05, 0.1) is 16.1 Å². The van der Waals surface area contributed by atoms with E-state index in [9.17, 15) is 4.79 Å². The standard InChI is InChI=1S/C9H18O4Si/c1-4-8(10)13-6-5-7-14-9(11-2)12-3/h4,9H,1,5-7,14H2,2-3H3. The average Bonchev–Trinajstić information content (AvgIpc) is 2.23. The van der Waals surface area contributed by atoms with Gasteiger partial charge in [-0.15, -0.1) is 0 Å². The smallest absolute Gasteiger partial charge is 0.330 e. The van der Waals surface area contributed by atoms with Crippen molar-refractivity contribution in [3.8, 4) is 0 Å². The highest BCUT2D eigenvalue weighted by molar-refractivity contribution is 6.36. The third-order valence-corrected chi connectivity index (χ3v) is 3.82. The summed E-state index contributed by atoms with van der Waals surface area (Å²) in [6, 6.07) is 1.04. The fourth-order valence-corrected chi connectivity index (χ4v) is 2.27. The summed E-state index contributed by atoms with van der Waals surface area (Å²) in [6.45, 7) is 3.76. The minimum Gasteiger partial charge on any atom is -0.463 e. The summed E-state index contributed by atoms with van der Waals surface area (Å²) in [7, 11) is 2.89. The van der Waals surface area contributed by atoms with Gasteiger partial charge in [0.2, 0.25) is 0 Å². The number of esters is 1. The van der Waals surface area contributed by atoms with Crippen molar-refractivity contribution in [1.29, 1.82) is 0 Å². The van der Waals surface area contributed by atoms with Crippen LogP contribution < -0.4 is 0 Å². The molecule has 0 bridgehead atoms. The Morgan fingerprint density at radius 1 is 1.50 bits per heavy atom. The lowest BCUT2D eigenvalue weighted by Crippen LogP contribution is -2.21. The Balaban J connectivity index is 3.28. The molecule has 0 spiro atoms. The molecule has 0 rings (SSSR count). The zero-order valence-corrected chi connectivity index (χ0v) is 10.2. The summed E-state index contributed by atoms with van der Waals surface area (Å²) in [5, 5.41) is 0. The highest BCUT2D eigenvalue weighted by Gasteiger charge is 2.04. The molecule has 0 N–H and O–H groups in total. The van der Waals surface area contributed by atoms with Gasteiger partial charge in [-0.3, -0.25) is 0 Å². The molecule has 0 amide bonds. The zero-order chi connectivity index (χ0) is 10.8. The first-order valence-electron chi connectivity index (χ1n) is 4.59. The van der Waals surface area contributed by atoms with Gasteiger partial charge in [0.15, 0.2) is 0 Å². The van der Waals surface area contributed by atoms with E-state index in [0.717, 1.165) is 12.5 Å². The Hall–Kier alpha value is -0.653. The average molecular weight is 218 g/mol. The van der Waals surface area contributed by atoms with Crippen LogP contribution in [0.4, 0.5) is 0 Å². The Labute approximate surface area is 87.0 Å². The lowest BCUT2D eigenvalue weighted by atomic mass is 10.5. The van der Waals surface area contributed by atoms with Crippen LogP contribution in [0.5, 0.6) is 0 Å². The maximum atomic E-state index is 10.6. The van der Waals surface area contributed by atoms with Gasteiger partial charge in [0.25, 0.3) is 0 Å². The first-order chi connectivity index (χ1) is 6.74. The maximum absolute atomic E-state index is 10.6. The molecule has 0 radical (unpaired) electrons. The first-order valence-corrected chi connectivity index (χ1v) is 6.41. The second-order valence-corrected chi connectivity index (χ2v) is 4.72. The molecule has 0 saturated carbocycles. The van der Waals surface area contributed by atoms with Crippen LogP contribution in [0.1, 0.15) is 6.42 Å². The summed E-state index contributed by atoms with van der Waals surface area (Å²) in [5.74, 6) is -0.383. The van der Waals surface area contributed by atoms with E-state index in [2.05, 4.69) is 6.58 Å². The van der Waals surface area contributed by atoms with E-state index in [4.69, 9.17) is 14.2 Å². The van der Waals surface area contributed by atoms with Crippen molar-refractivity contribution in [2.24, 2.45) is 0 Å². The van der Waals surface area contributed by atoms with Crippen molar-refractivity contribution in [3.63, 3.8) is 0 Å². The van der Waals surface area contributed by atoms with Crippen molar-refractivity contribution in [3.05, 3.63) is 12.7 Å². The number of carbonyl (C=O) groups is 1.